The lowest BCUT2D eigenvalue weighted by Gasteiger charge is -2.18. The molecule has 2 rings (SSSR count). The average Bonchev–Trinajstić information content (AvgIpc) is 2.45. The van der Waals surface area contributed by atoms with Crippen LogP contribution >= 0.6 is 27.7 Å². The Bertz CT molecular complexity index is 575. The van der Waals surface area contributed by atoms with E-state index in [1.807, 2.05) is 31.2 Å². The van der Waals surface area contributed by atoms with E-state index in [0.29, 0.717) is 0 Å². The van der Waals surface area contributed by atoms with Gasteiger partial charge in [0, 0.05) is 15.1 Å². The van der Waals surface area contributed by atoms with Crippen LogP contribution in [0.3, 0.4) is 0 Å². The van der Waals surface area contributed by atoms with Gasteiger partial charge in [-0.25, -0.2) is 4.39 Å². The number of nitrogens with two attached hydrogens (primary N) is 1. The van der Waals surface area contributed by atoms with Gasteiger partial charge >= 0.3 is 0 Å². The zero-order valence-corrected chi connectivity index (χ0v) is 13.5. The molecule has 0 fully saturated rings. The molecule has 2 nitrogen and oxygen atoms in total. The second kappa shape index (κ2) is 7.22. The Morgan fingerprint density at radius 1 is 1.25 bits per heavy atom. The van der Waals surface area contributed by atoms with Crippen molar-refractivity contribution in [2.45, 2.75) is 17.9 Å². The SMILES string of the molecule is Cc1ccc(F)cc1C(CSc1ccc(Br)cc1)NN. The first-order chi connectivity index (χ1) is 9.60. The standard InChI is InChI=1S/C15H16BrFN2S/c1-10-2-5-12(17)8-14(10)15(19-18)9-20-13-6-3-11(16)4-7-13/h2-8,15,19H,9,18H2,1H3. The molecule has 2 aromatic rings. The maximum absolute atomic E-state index is 13.4. The topological polar surface area (TPSA) is 38.0 Å². The van der Waals surface area contributed by atoms with Crippen molar-refractivity contribution in [2.24, 2.45) is 5.84 Å². The van der Waals surface area contributed by atoms with E-state index in [-0.39, 0.29) is 11.9 Å². The third kappa shape index (κ3) is 4.06. The van der Waals surface area contributed by atoms with E-state index < -0.39 is 0 Å². The summed E-state index contributed by atoms with van der Waals surface area (Å²) in [5, 5.41) is 0. The van der Waals surface area contributed by atoms with E-state index in [1.165, 1.54) is 6.07 Å². The Morgan fingerprint density at radius 2 is 1.95 bits per heavy atom. The van der Waals surface area contributed by atoms with Crippen molar-refractivity contribution < 1.29 is 4.39 Å². The molecular weight excluding hydrogens is 339 g/mol. The average molecular weight is 355 g/mol. The zero-order valence-electron chi connectivity index (χ0n) is 11.1. The van der Waals surface area contributed by atoms with Gasteiger partial charge in [-0.1, -0.05) is 22.0 Å². The lowest BCUT2D eigenvalue weighted by molar-refractivity contribution is 0.588. The minimum atomic E-state index is -0.237. The lowest BCUT2D eigenvalue weighted by Crippen LogP contribution is -2.30. The number of halogens is 2. The van der Waals surface area contributed by atoms with Crippen LogP contribution in [0.4, 0.5) is 4.39 Å². The maximum atomic E-state index is 13.4. The Balaban J connectivity index is 2.09. The molecule has 0 saturated heterocycles. The van der Waals surface area contributed by atoms with Crippen molar-refractivity contribution in [1.29, 1.82) is 0 Å². The Morgan fingerprint density at radius 3 is 2.60 bits per heavy atom. The summed E-state index contributed by atoms with van der Waals surface area (Å²) in [6, 6.07) is 12.8. The first-order valence-corrected chi connectivity index (χ1v) is 7.98. The van der Waals surface area contributed by atoms with Crippen molar-refractivity contribution in [2.75, 3.05) is 5.75 Å². The molecule has 0 radical (unpaired) electrons. The maximum Gasteiger partial charge on any atom is 0.123 e. The van der Waals surface area contributed by atoms with E-state index >= 15 is 0 Å². The monoisotopic (exact) mass is 354 g/mol. The quantitative estimate of drug-likeness (QED) is 0.480. The third-order valence-corrected chi connectivity index (χ3v) is 4.68. The molecule has 3 N–H and O–H groups in total. The van der Waals surface area contributed by atoms with Gasteiger partial charge in [-0.15, -0.1) is 11.8 Å². The summed E-state index contributed by atoms with van der Waals surface area (Å²) in [4.78, 5) is 1.16. The Kier molecular flexibility index (Phi) is 5.60. The smallest absolute Gasteiger partial charge is 0.123 e. The molecule has 0 aliphatic rings. The van der Waals surface area contributed by atoms with E-state index in [0.717, 1.165) is 26.2 Å². The summed E-state index contributed by atoms with van der Waals surface area (Å²) in [6.07, 6.45) is 0. The predicted molar refractivity (Wildman–Crippen MR) is 86.1 cm³/mol. The molecule has 106 valence electrons. The number of nitrogens with one attached hydrogen (secondary N) is 1. The van der Waals surface area contributed by atoms with Crippen LogP contribution in [0.5, 0.6) is 0 Å². The summed E-state index contributed by atoms with van der Waals surface area (Å²) in [7, 11) is 0. The normalized spacial score (nSPS) is 12.4. The van der Waals surface area contributed by atoms with Crippen molar-refractivity contribution in [3.05, 3.63) is 63.9 Å². The molecule has 0 saturated carbocycles. The molecule has 2 aromatic carbocycles. The third-order valence-electron chi connectivity index (χ3n) is 3.05. The van der Waals surface area contributed by atoms with Crippen LogP contribution in [-0.4, -0.2) is 5.75 Å². The van der Waals surface area contributed by atoms with Crippen molar-refractivity contribution in [3.8, 4) is 0 Å². The molecule has 0 spiro atoms. The van der Waals surface area contributed by atoms with Crippen molar-refractivity contribution in [3.63, 3.8) is 0 Å². The van der Waals surface area contributed by atoms with Crippen LogP contribution < -0.4 is 11.3 Å². The van der Waals surface area contributed by atoms with E-state index in [9.17, 15) is 4.39 Å². The van der Waals surface area contributed by atoms with Gasteiger partial charge in [-0.05, 0) is 54.4 Å². The van der Waals surface area contributed by atoms with Gasteiger partial charge in [0.1, 0.15) is 5.82 Å². The number of aryl methyl sites for hydroxylation is 1. The number of hydrogen-bond acceptors (Lipinski definition) is 3. The molecule has 0 amide bonds. The van der Waals surface area contributed by atoms with Gasteiger partial charge in [0.2, 0.25) is 0 Å². The molecule has 1 atom stereocenters. The second-order valence-corrected chi connectivity index (χ2v) is 6.49. The van der Waals surface area contributed by atoms with Gasteiger partial charge in [-0.2, -0.15) is 0 Å². The molecule has 1 unspecified atom stereocenters. The molecular formula is C15H16BrFN2S. The van der Waals surface area contributed by atoms with Crippen LogP contribution in [0, 0.1) is 12.7 Å². The van der Waals surface area contributed by atoms with Crippen LogP contribution in [0.15, 0.2) is 51.8 Å². The highest BCUT2D eigenvalue weighted by atomic mass is 79.9. The molecule has 0 aliphatic heterocycles. The van der Waals surface area contributed by atoms with Crippen molar-refractivity contribution in [1.82, 2.24) is 5.43 Å². The van der Waals surface area contributed by atoms with Crippen LogP contribution in [0.1, 0.15) is 17.2 Å². The Hall–Kier alpha value is -0.880. The highest BCUT2D eigenvalue weighted by Crippen LogP contribution is 2.27. The highest BCUT2D eigenvalue weighted by Gasteiger charge is 2.13. The summed E-state index contributed by atoms with van der Waals surface area (Å²) >= 11 is 5.10. The predicted octanol–water partition coefficient (Wildman–Crippen LogP) is 4.19. The molecule has 0 heterocycles. The molecule has 0 bridgehead atoms. The zero-order chi connectivity index (χ0) is 14.5. The number of thioether (sulfide) groups is 1. The lowest BCUT2D eigenvalue weighted by atomic mass is 10.0. The first kappa shape index (κ1) is 15.5. The number of rotatable bonds is 5. The van der Waals surface area contributed by atoms with Crippen LogP contribution in [0.2, 0.25) is 0 Å². The minimum Gasteiger partial charge on any atom is -0.271 e. The molecule has 0 aromatic heterocycles. The van der Waals surface area contributed by atoms with Crippen molar-refractivity contribution >= 4 is 27.7 Å². The second-order valence-electron chi connectivity index (χ2n) is 4.49. The van der Waals surface area contributed by atoms with Gasteiger partial charge in [-0.3, -0.25) is 11.3 Å². The largest absolute Gasteiger partial charge is 0.271 e. The summed E-state index contributed by atoms with van der Waals surface area (Å²) < 4.78 is 14.4. The number of hydrazine groups is 1. The summed E-state index contributed by atoms with van der Waals surface area (Å²) in [6.45, 7) is 1.96. The van der Waals surface area contributed by atoms with Crippen LogP contribution in [0.25, 0.3) is 0 Å². The minimum absolute atomic E-state index is 0.0839. The van der Waals surface area contributed by atoms with Gasteiger partial charge < -0.3 is 0 Å². The van der Waals surface area contributed by atoms with Gasteiger partial charge in [0.25, 0.3) is 0 Å². The molecule has 5 heteroatoms. The molecule has 0 aliphatic carbocycles. The fourth-order valence-electron chi connectivity index (χ4n) is 1.92. The molecule has 20 heavy (non-hydrogen) atoms. The summed E-state index contributed by atoms with van der Waals surface area (Å²) in [5.74, 6) is 6.12. The van der Waals surface area contributed by atoms with E-state index in [1.54, 1.807) is 23.9 Å². The van der Waals surface area contributed by atoms with Crippen LogP contribution in [-0.2, 0) is 0 Å². The number of benzene rings is 2. The fraction of sp³-hybridized carbons (Fsp3) is 0.200. The highest BCUT2D eigenvalue weighted by molar-refractivity contribution is 9.10. The fourth-order valence-corrected chi connectivity index (χ4v) is 3.15. The number of hydrogen-bond donors (Lipinski definition) is 2. The Labute approximate surface area is 131 Å². The van der Waals surface area contributed by atoms with E-state index in [2.05, 4.69) is 21.4 Å². The first-order valence-electron chi connectivity index (χ1n) is 6.20. The summed E-state index contributed by atoms with van der Waals surface area (Å²) in [5.41, 5.74) is 4.70. The van der Waals surface area contributed by atoms with Gasteiger partial charge in [0.05, 0.1) is 6.04 Å². The van der Waals surface area contributed by atoms with Gasteiger partial charge in [0.15, 0.2) is 0 Å². The van der Waals surface area contributed by atoms with E-state index in [4.69, 9.17) is 5.84 Å².